The van der Waals surface area contributed by atoms with E-state index in [1.165, 1.54) is 35.6 Å². The highest BCUT2D eigenvalue weighted by molar-refractivity contribution is 8.03. The van der Waals surface area contributed by atoms with Gasteiger partial charge >= 0.3 is 5.97 Å². The van der Waals surface area contributed by atoms with Crippen molar-refractivity contribution in [2.45, 2.75) is 23.5 Å². The van der Waals surface area contributed by atoms with E-state index >= 15 is 0 Å². The van der Waals surface area contributed by atoms with Crippen LogP contribution in [0.1, 0.15) is 10.7 Å². The molecule has 0 aliphatic carbocycles. The molecule has 16 heteroatoms. The van der Waals surface area contributed by atoms with E-state index in [1.54, 1.807) is 11.5 Å². The molecule has 13 nitrogen and oxygen atoms in total. The summed E-state index contributed by atoms with van der Waals surface area (Å²) in [5, 5.41) is 28.0. The number of rotatable bonds is 8. The lowest BCUT2D eigenvalue weighted by molar-refractivity contribution is -0.184. The Morgan fingerprint density at radius 3 is 2.88 bits per heavy atom. The third kappa shape index (κ3) is 4.65. The summed E-state index contributed by atoms with van der Waals surface area (Å²) in [5.41, 5.74) is 5.70. The second kappa shape index (κ2) is 9.88. The number of nitrogens with zero attached hydrogens (tertiary/aromatic N) is 5. The highest BCUT2D eigenvalue weighted by atomic mass is 32.2. The van der Waals surface area contributed by atoms with Crippen LogP contribution in [-0.2, 0) is 24.0 Å². The normalized spacial score (nSPS) is 20.4. The van der Waals surface area contributed by atoms with Crippen molar-refractivity contribution in [1.29, 1.82) is 0 Å². The number of carboxylic acid groups (broad SMARTS) is 1. The predicted molar refractivity (Wildman–Crippen MR) is 123 cm³/mol. The molecule has 2 amide bonds. The number of aromatic nitrogens is 3. The Morgan fingerprint density at radius 1 is 1.47 bits per heavy atom. The number of hydrogen-bond acceptors (Lipinski definition) is 13. The van der Waals surface area contributed by atoms with Crippen molar-refractivity contribution in [2.75, 3.05) is 19.5 Å². The molecule has 2 aliphatic heterocycles. The van der Waals surface area contributed by atoms with Crippen LogP contribution in [0.2, 0.25) is 0 Å². The number of amides is 2. The first-order valence-electron chi connectivity index (χ1n) is 9.48. The molecule has 34 heavy (non-hydrogen) atoms. The Hall–Kier alpha value is -3.34. The SMILES string of the molecule is CON=C(C(=O)NC1C(=O)N2C(C(=O)O)=C(C=CSc3nnc(C)s3)COC12)c1csc(N)n1. The molecule has 0 radical (unpaired) electrons. The number of ether oxygens (including phenoxy) is 1. The molecular weight excluding hydrogens is 506 g/mol. The van der Waals surface area contributed by atoms with Gasteiger partial charge in [0.1, 0.15) is 23.5 Å². The van der Waals surface area contributed by atoms with E-state index in [1.807, 2.05) is 6.92 Å². The lowest BCUT2D eigenvalue weighted by Crippen LogP contribution is -2.73. The molecule has 1 fully saturated rings. The molecule has 2 aliphatic rings. The number of nitrogens with one attached hydrogen (secondary N) is 1. The first-order chi connectivity index (χ1) is 16.3. The molecule has 4 N–H and O–H groups in total. The van der Waals surface area contributed by atoms with E-state index in [4.69, 9.17) is 15.3 Å². The lowest BCUT2D eigenvalue weighted by Gasteiger charge is -2.49. The van der Waals surface area contributed by atoms with E-state index in [2.05, 4.69) is 25.7 Å². The molecule has 178 valence electrons. The van der Waals surface area contributed by atoms with E-state index in [9.17, 15) is 19.5 Å². The summed E-state index contributed by atoms with van der Waals surface area (Å²) >= 11 is 3.77. The van der Waals surface area contributed by atoms with Crippen molar-refractivity contribution >= 4 is 63.1 Å². The van der Waals surface area contributed by atoms with Crippen molar-refractivity contribution in [2.24, 2.45) is 5.16 Å². The van der Waals surface area contributed by atoms with E-state index in [-0.39, 0.29) is 28.8 Å². The van der Waals surface area contributed by atoms with Crippen LogP contribution in [0.3, 0.4) is 0 Å². The Bertz CT molecular complexity index is 1240. The van der Waals surface area contributed by atoms with Crippen LogP contribution in [0.5, 0.6) is 0 Å². The third-order valence-electron chi connectivity index (χ3n) is 4.59. The van der Waals surface area contributed by atoms with E-state index in [0.29, 0.717) is 9.91 Å². The molecule has 0 aromatic carbocycles. The Balaban J connectivity index is 1.49. The van der Waals surface area contributed by atoms with Gasteiger partial charge in [0.05, 0.1) is 6.61 Å². The number of carboxylic acids is 1. The second-order valence-corrected chi connectivity index (χ2v) is 9.97. The van der Waals surface area contributed by atoms with Gasteiger partial charge in [0.15, 0.2) is 27.5 Å². The lowest BCUT2D eigenvalue weighted by atomic mass is 9.98. The van der Waals surface area contributed by atoms with E-state index in [0.717, 1.165) is 21.2 Å². The molecule has 4 heterocycles. The molecule has 0 saturated carbocycles. The standard InChI is InChI=1S/C18H17N7O6S3/c1-7-22-23-18(34-7)32-4-3-8-5-31-15-11(14(27)25(15)12(8)16(28)29)21-13(26)10(24-30-2)9-6-33-17(19)20-9/h3-4,6,11,15H,5H2,1-2H3,(H2,19,20)(H,21,26)(H,28,29). The number of thioether (sulfide) groups is 1. The summed E-state index contributed by atoms with van der Waals surface area (Å²) in [7, 11) is 1.26. The van der Waals surface area contributed by atoms with Crippen LogP contribution >= 0.6 is 34.4 Å². The topological polar surface area (TPSA) is 182 Å². The summed E-state index contributed by atoms with van der Waals surface area (Å²) in [6.45, 7) is 1.75. The first-order valence-corrected chi connectivity index (χ1v) is 12.1. The number of oxime groups is 1. The van der Waals surface area contributed by atoms with Crippen LogP contribution < -0.4 is 11.1 Å². The van der Waals surface area contributed by atoms with Gasteiger partial charge < -0.3 is 25.7 Å². The second-order valence-electron chi connectivity index (χ2n) is 6.74. The van der Waals surface area contributed by atoms with Gasteiger partial charge in [-0.15, -0.1) is 21.5 Å². The molecule has 4 rings (SSSR count). The van der Waals surface area contributed by atoms with Crippen molar-refractivity contribution < 1.29 is 29.1 Å². The Morgan fingerprint density at radius 2 is 2.26 bits per heavy atom. The van der Waals surface area contributed by atoms with Crippen LogP contribution in [-0.4, -0.2) is 74.7 Å². The van der Waals surface area contributed by atoms with E-state index < -0.39 is 30.1 Å². The number of aliphatic carboxylic acids is 1. The Labute approximate surface area is 204 Å². The van der Waals surface area contributed by atoms with Crippen molar-refractivity contribution in [3.8, 4) is 0 Å². The summed E-state index contributed by atoms with van der Waals surface area (Å²) in [6, 6.07) is -1.11. The fourth-order valence-electron chi connectivity index (χ4n) is 3.17. The largest absolute Gasteiger partial charge is 0.477 e. The number of thiazole rings is 1. The number of nitrogen functional groups attached to an aromatic ring is 1. The maximum Gasteiger partial charge on any atom is 0.353 e. The fraction of sp³-hybridized carbons (Fsp3) is 0.278. The average molecular weight is 524 g/mol. The van der Waals surface area contributed by atoms with Crippen LogP contribution in [0.25, 0.3) is 0 Å². The minimum absolute atomic E-state index is 0.0731. The van der Waals surface area contributed by atoms with Crippen LogP contribution in [0.4, 0.5) is 5.13 Å². The molecule has 2 aromatic rings. The molecule has 1 saturated heterocycles. The van der Waals surface area contributed by atoms with Gasteiger partial charge in [-0.05, 0) is 18.4 Å². The first kappa shape index (κ1) is 23.8. The monoisotopic (exact) mass is 523 g/mol. The number of carbonyl (C=O) groups excluding carboxylic acids is 2. The van der Waals surface area contributed by atoms with Crippen LogP contribution in [0, 0.1) is 6.92 Å². The number of fused-ring (bicyclic) bond motifs is 1. The number of anilines is 1. The number of nitrogens with two attached hydrogens (primary N) is 1. The van der Waals surface area contributed by atoms with Gasteiger partial charge in [0.25, 0.3) is 11.8 Å². The minimum Gasteiger partial charge on any atom is -0.477 e. The van der Waals surface area contributed by atoms with Gasteiger partial charge in [-0.3, -0.25) is 14.5 Å². The van der Waals surface area contributed by atoms with Gasteiger partial charge in [0, 0.05) is 11.0 Å². The predicted octanol–water partition coefficient (Wildman–Crippen LogP) is 0.564. The summed E-state index contributed by atoms with van der Waals surface area (Å²) in [5.74, 6) is -2.67. The molecule has 0 spiro atoms. The summed E-state index contributed by atoms with van der Waals surface area (Å²) < 4.78 is 6.38. The van der Waals surface area contributed by atoms with Gasteiger partial charge in [-0.1, -0.05) is 28.3 Å². The fourth-order valence-corrected chi connectivity index (χ4v) is 5.29. The van der Waals surface area contributed by atoms with Gasteiger partial charge in [0.2, 0.25) is 0 Å². The quantitative estimate of drug-likeness (QED) is 0.190. The highest BCUT2D eigenvalue weighted by Gasteiger charge is 2.55. The number of β-lactam (4-membered cyclic amide) rings is 1. The van der Waals surface area contributed by atoms with Crippen molar-refractivity contribution in [3.05, 3.63) is 38.8 Å². The Kier molecular flexibility index (Phi) is 6.92. The summed E-state index contributed by atoms with van der Waals surface area (Å²) in [4.78, 5) is 47.2. The molecular formula is C18H17N7O6S3. The average Bonchev–Trinajstić information content (AvgIpc) is 3.42. The number of carbonyl (C=O) groups is 3. The zero-order chi connectivity index (χ0) is 24.4. The van der Waals surface area contributed by atoms with Gasteiger partial charge in [-0.2, -0.15) is 0 Å². The molecule has 0 bridgehead atoms. The minimum atomic E-state index is -1.29. The number of aryl methyl sites for hydroxylation is 1. The van der Waals surface area contributed by atoms with Crippen LogP contribution in [0.15, 0.2) is 37.6 Å². The third-order valence-corrected chi connectivity index (χ3v) is 7.00. The summed E-state index contributed by atoms with van der Waals surface area (Å²) in [6.07, 6.45) is 0.568. The molecule has 2 unspecified atom stereocenters. The smallest absolute Gasteiger partial charge is 0.353 e. The number of hydrogen-bond donors (Lipinski definition) is 3. The molecule has 2 aromatic heterocycles. The zero-order valence-electron chi connectivity index (χ0n) is 17.6. The van der Waals surface area contributed by atoms with Crippen molar-refractivity contribution in [1.82, 2.24) is 25.4 Å². The molecule has 2 atom stereocenters. The van der Waals surface area contributed by atoms with Crippen molar-refractivity contribution in [3.63, 3.8) is 0 Å². The highest BCUT2D eigenvalue weighted by Crippen LogP contribution is 2.34. The zero-order valence-corrected chi connectivity index (χ0v) is 20.1. The van der Waals surface area contributed by atoms with Gasteiger partial charge in [-0.25, -0.2) is 9.78 Å². The maximum absolute atomic E-state index is 12.8. The maximum atomic E-state index is 12.8.